The van der Waals surface area contributed by atoms with Crippen molar-refractivity contribution in [1.29, 1.82) is 0 Å². The molecule has 3 aromatic carbocycles. The Hall–Kier alpha value is -4.70. The second kappa shape index (κ2) is 12.9. The lowest BCUT2D eigenvalue weighted by Crippen LogP contribution is -2.76. The third-order valence-corrected chi connectivity index (χ3v) is 7.87. The number of carbonyl (C=O) groups excluding carboxylic acids is 3. The number of benzene rings is 3. The summed E-state index contributed by atoms with van der Waals surface area (Å²) < 4.78 is 0. The number of urea groups is 1. The van der Waals surface area contributed by atoms with Crippen LogP contribution >= 0.6 is 0 Å². The molecule has 0 saturated carbocycles. The molecular formula is C32H35N5O5. The number of likely N-dealkylation sites (N-methyl/N-ethyl adjacent to an activating group) is 1. The highest BCUT2D eigenvalue weighted by molar-refractivity contribution is 5.91. The summed E-state index contributed by atoms with van der Waals surface area (Å²) in [4.78, 5) is 55.6. The van der Waals surface area contributed by atoms with Crippen molar-refractivity contribution < 1.29 is 24.3 Å². The highest BCUT2D eigenvalue weighted by Gasteiger charge is 2.51. The van der Waals surface area contributed by atoms with Gasteiger partial charge < -0.3 is 20.2 Å². The normalized spacial score (nSPS) is 19.1. The summed E-state index contributed by atoms with van der Waals surface area (Å²) in [5.41, 5.74) is 2.97. The lowest BCUT2D eigenvalue weighted by molar-refractivity contribution is -0.187. The number of hydrogen-bond donors (Lipinski definition) is 2. The highest BCUT2D eigenvalue weighted by atomic mass is 16.4. The van der Waals surface area contributed by atoms with E-state index in [1.807, 2.05) is 91.0 Å². The first-order chi connectivity index (χ1) is 20.3. The molecule has 2 saturated heterocycles. The van der Waals surface area contributed by atoms with Crippen LogP contribution in [-0.4, -0.2) is 87.6 Å². The number of carboxylic acids is 1. The zero-order chi connectivity index (χ0) is 29.6. The molecule has 2 aliphatic heterocycles. The fourth-order valence-corrected chi connectivity index (χ4v) is 5.86. The van der Waals surface area contributed by atoms with Crippen LogP contribution in [0.2, 0.25) is 0 Å². The smallest absolute Gasteiger partial charge is 0.334 e. The number of aliphatic carboxylic acids is 1. The largest absolute Gasteiger partial charge is 0.481 e. The van der Waals surface area contributed by atoms with E-state index in [1.165, 1.54) is 9.91 Å². The second-order valence-electron chi connectivity index (χ2n) is 10.7. The summed E-state index contributed by atoms with van der Waals surface area (Å²) >= 11 is 0. The van der Waals surface area contributed by atoms with Crippen molar-refractivity contribution in [3.8, 4) is 0 Å². The lowest BCUT2D eigenvalue weighted by Gasteiger charge is -2.54. The Morgan fingerprint density at radius 1 is 0.905 bits per heavy atom. The molecule has 10 nitrogen and oxygen atoms in total. The molecule has 0 aliphatic carbocycles. The van der Waals surface area contributed by atoms with Crippen LogP contribution in [0.3, 0.4) is 0 Å². The Morgan fingerprint density at radius 3 is 2.05 bits per heavy atom. The fraction of sp³-hybridized carbons (Fsp3) is 0.312. The van der Waals surface area contributed by atoms with Crippen molar-refractivity contribution in [3.63, 3.8) is 0 Å². The van der Waals surface area contributed by atoms with Gasteiger partial charge in [-0.2, -0.15) is 0 Å². The van der Waals surface area contributed by atoms with Crippen molar-refractivity contribution >= 4 is 23.8 Å². The summed E-state index contributed by atoms with van der Waals surface area (Å²) in [6.45, 7) is 0.578. The van der Waals surface area contributed by atoms with Crippen molar-refractivity contribution in [1.82, 2.24) is 25.1 Å². The van der Waals surface area contributed by atoms with Gasteiger partial charge in [-0.25, -0.2) is 14.8 Å². The number of hydrazine groups is 1. The molecule has 0 bridgehead atoms. The SMILES string of the molecule is CN1CC(=O)N2[C@@H](CCC(=O)O)C(=O)N(CC(c3ccccc3)c3ccccc3)C[C@@H]2N1C(=O)NCc1ccccc1. The van der Waals surface area contributed by atoms with Gasteiger partial charge in [0.2, 0.25) is 11.8 Å². The van der Waals surface area contributed by atoms with E-state index in [1.54, 1.807) is 17.0 Å². The van der Waals surface area contributed by atoms with Crippen LogP contribution in [0, 0.1) is 0 Å². The molecular weight excluding hydrogens is 534 g/mol. The zero-order valence-corrected chi connectivity index (χ0v) is 23.5. The minimum absolute atomic E-state index is 0.0442. The topological polar surface area (TPSA) is 114 Å². The third kappa shape index (κ3) is 6.28. The van der Waals surface area contributed by atoms with E-state index in [-0.39, 0.29) is 43.7 Å². The number of carbonyl (C=O) groups is 4. The minimum atomic E-state index is -1.05. The molecule has 42 heavy (non-hydrogen) atoms. The van der Waals surface area contributed by atoms with Gasteiger partial charge in [-0.1, -0.05) is 91.0 Å². The molecule has 3 aromatic rings. The van der Waals surface area contributed by atoms with Crippen LogP contribution in [0.25, 0.3) is 0 Å². The van der Waals surface area contributed by atoms with E-state index < -0.39 is 24.2 Å². The van der Waals surface area contributed by atoms with E-state index in [4.69, 9.17) is 0 Å². The summed E-state index contributed by atoms with van der Waals surface area (Å²) in [6.07, 6.45) is -1.12. The van der Waals surface area contributed by atoms with Crippen LogP contribution in [-0.2, 0) is 20.9 Å². The van der Waals surface area contributed by atoms with Crippen LogP contribution in [0.1, 0.15) is 35.4 Å². The van der Waals surface area contributed by atoms with E-state index in [9.17, 15) is 24.3 Å². The fourth-order valence-electron chi connectivity index (χ4n) is 5.86. The van der Waals surface area contributed by atoms with Gasteiger partial charge >= 0.3 is 12.0 Å². The molecule has 2 aliphatic rings. The van der Waals surface area contributed by atoms with Gasteiger partial charge in [0.1, 0.15) is 12.2 Å². The first-order valence-corrected chi connectivity index (χ1v) is 14.1. The Balaban J connectivity index is 1.47. The summed E-state index contributed by atoms with van der Waals surface area (Å²) in [5, 5.41) is 15.4. The second-order valence-corrected chi connectivity index (χ2v) is 10.7. The Kier molecular flexibility index (Phi) is 8.83. The van der Waals surface area contributed by atoms with Gasteiger partial charge in [-0.05, 0) is 23.1 Å². The highest BCUT2D eigenvalue weighted by Crippen LogP contribution is 2.32. The third-order valence-electron chi connectivity index (χ3n) is 7.87. The maximum atomic E-state index is 14.0. The van der Waals surface area contributed by atoms with Crippen LogP contribution < -0.4 is 5.32 Å². The van der Waals surface area contributed by atoms with Crippen LogP contribution in [0.5, 0.6) is 0 Å². The first-order valence-electron chi connectivity index (χ1n) is 14.1. The standard InChI is InChI=1S/C32H35N5O5/c1-34-22-29(38)36-27(17-18-30(39)40)31(41)35(20-26(24-13-7-3-8-14-24)25-15-9-4-10-16-25)21-28(36)37(34)32(42)33-19-23-11-5-2-6-12-23/h2-16,26-28H,17-22H2,1H3,(H,33,42)(H,39,40)/t27-,28-/m0/s1. The Labute approximate surface area is 245 Å². The van der Waals surface area contributed by atoms with Gasteiger partial charge in [-0.15, -0.1) is 0 Å². The monoisotopic (exact) mass is 569 g/mol. The number of rotatable bonds is 9. The van der Waals surface area contributed by atoms with Gasteiger partial charge in [0, 0.05) is 32.5 Å². The Morgan fingerprint density at radius 2 is 1.48 bits per heavy atom. The predicted octanol–water partition coefficient (Wildman–Crippen LogP) is 3.12. The molecule has 2 N–H and O–H groups in total. The van der Waals surface area contributed by atoms with Crippen molar-refractivity contribution in [2.24, 2.45) is 0 Å². The minimum Gasteiger partial charge on any atom is -0.481 e. The molecule has 0 unspecified atom stereocenters. The van der Waals surface area contributed by atoms with Crippen LogP contribution in [0.4, 0.5) is 4.79 Å². The summed E-state index contributed by atoms with van der Waals surface area (Å²) in [7, 11) is 1.67. The zero-order valence-electron chi connectivity index (χ0n) is 23.5. The number of amides is 4. The molecule has 218 valence electrons. The molecule has 0 radical (unpaired) electrons. The number of piperazine rings is 1. The van der Waals surface area contributed by atoms with Crippen molar-refractivity contribution in [2.75, 3.05) is 26.7 Å². The molecule has 0 aromatic heterocycles. The number of nitrogens with one attached hydrogen (secondary N) is 1. The average molecular weight is 570 g/mol. The van der Waals surface area contributed by atoms with Crippen LogP contribution in [0.15, 0.2) is 91.0 Å². The van der Waals surface area contributed by atoms with E-state index in [2.05, 4.69) is 5.32 Å². The maximum absolute atomic E-state index is 14.0. The van der Waals surface area contributed by atoms with Gasteiger partial charge in [0.05, 0.1) is 13.1 Å². The molecule has 10 heteroatoms. The Bertz CT molecular complexity index is 1370. The van der Waals surface area contributed by atoms with E-state index in [0.29, 0.717) is 13.1 Å². The molecule has 0 spiro atoms. The molecule has 2 heterocycles. The predicted molar refractivity (Wildman–Crippen MR) is 156 cm³/mol. The molecule has 5 rings (SSSR count). The lowest BCUT2D eigenvalue weighted by atomic mass is 9.90. The summed E-state index contributed by atoms with van der Waals surface area (Å²) in [5.74, 6) is -1.85. The number of carboxylic acid groups (broad SMARTS) is 1. The van der Waals surface area contributed by atoms with E-state index >= 15 is 0 Å². The summed E-state index contributed by atoms with van der Waals surface area (Å²) in [6, 6.07) is 27.8. The molecule has 4 amide bonds. The number of hydrogen-bond acceptors (Lipinski definition) is 5. The molecule has 2 fully saturated rings. The quantitative estimate of drug-likeness (QED) is 0.410. The van der Waals surface area contributed by atoms with Crippen molar-refractivity contribution in [3.05, 3.63) is 108 Å². The first kappa shape index (κ1) is 28.8. The average Bonchev–Trinajstić information content (AvgIpc) is 3.00. The maximum Gasteiger partial charge on any atom is 0.334 e. The van der Waals surface area contributed by atoms with E-state index in [0.717, 1.165) is 16.7 Å². The number of nitrogens with zero attached hydrogens (tertiary/aromatic N) is 4. The van der Waals surface area contributed by atoms with Crippen molar-refractivity contribution in [2.45, 2.75) is 37.5 Å². The van der Waals surface area contributed by atoms with Gasteiger partial charge in [-0.3, -0.25) is 14.4 Å². The number of fused-ring (bicyclic) bond motifs is 1. The molecule has 2 atom stereocenters. The van der Waals surface area contributed by atoms with Gasteiger partial charge in [0.15, 0.2) is 0 Å². The van der Waals surface area contributed by atoms with Gasteiger partial charge in [0.25, 0.3) is 0 Å².